The van der Waals surface area contributed by atoms with Gasteiger partial charge in [0.2, 0.25) is 5.88 Å². The van der Waals surface area contributed by atoms with Gasteiger partial charge in [-0.1, -0.05) is 35.9 Å². The number of carbonyl (C=O) groups is 1. The molecule has 0 radical (unpaired) electrons. The minimum absolute atomic E-state index is 0.0180. The number of rotatable bonds is 6. The molecule has 184 valence electrons. The van der Waals surface area contributed by atoms with Gasteiger partial charge in [-0.25, -0.2) is 19.1 Å². The second-order valence-corrected chi connectivity index (χ2v) is 9.82. The number of nitrogen functional groups attached to an aromatic ring is 1. The molecule has 0 saturated carbocycles. The molecule has 0 unspecified atom stereocenters. The number of carbonyl (C=O) groups excluding carboxylic acids is 1. The van der Waals surface area contributed by atoms with Crippen molar-refractivity contribution < 1.29 is 22.3 Å². The number of halogens is 1. The number of nitrogens with two attached hydrogens (primary N) is 1. The van der Waals surface area contributed by atoms with E-state index in [9.17, 15) is 17.6 Å². The predicted molar refractivity (Wildman–Crippen MR) is 134 cm³/mol. The molecule has 1 amide bonds. The smallest absolute Gasteiger partial charge is 0.281 e. The molecule has 0 spiro atoms. The van der Waals surface area contributed by atoms with Gasteiger partial charge >= 0.3 is 0 Å². The van der Waals surface area contributed by atoms with E-state index >= 15 is 0 Å². The van der Waals surface area contributed by atoms with E-state index in [-0.39, 0.29) is 28.5 Å². The molecule has 3 N–H and O–H groups in total. The molecule has 0 aliphatic rings. The number of amides is 1. The van der Waals surface area contributed by atoms with E-state index < -0.39 is 26.8 Å². The van der Waals surface area contributed by atoms with Crippen molar-refractivity contribution in [2.24, 2.45) is 0 Å². The Morgan fingerprint density at radius 2 is 1.64 bits per heavy atom. The number of ether oxygens (including phenoxy) is 1. The highest BCUT2D eigenvalue weighted by Crippen LogP contribution is 2.33. The fourth-order valence-electron chi connectivity index (χ4n) is 3.74. The van der Waals surface area contributed by atoms with Gasteiger partial charge in [0.1, 0.15) is 22.9 Å². The van der Waals surface area contributed by atoms with E-state index in [0.29, 0.717) is 5.75 Å². The van der Waals surface area contributed by atoms with Crippen LogP contribution < -0.4 is 15.2 Å². The zero-order valence-corrected chi connectivity index (χ0v) is 20.6. The van der Waals surface area contributed by atoms with Crippen molar-refractivity contribution in [3.63, 3.8) is 0 Å². The summed E-state index contributed by atoms with van der Waals surface area (Å²) in [6.45, 7) is 5.62. The molecule has 10 heteroatoms. The van der Waals surface area contributed by atoms with Crippen LogP contribution in [0.3, 0.4) is 0 Å². The summed E-state index contributed by atoms with van der Waals surface area (Å²) in [6, 6.07) is 16.6. The van der Waals surface area contributed by atoms with Crippen LogP contribution in [-0.4, -0.2) is 24.3 Å². The highest BCUT2D eigenvalue weighted by molar-refractivity contribution is 7.90. The average Bonchev–Trinajstić information content (AvgIpc) is 2.81. The molecule has 0 aliphatic heterocycles. The quantitative estimate of drug-likeness (QED) is 0.388. The Labute approximate surface area is 208 Å². The third kappa shape index (κ3) is 5.18. The number of sulfonamides is 1. The van der Waals surface area contributed by atoms with Crippen LogP contribution in [0.25, 0.3) is 11.3 Å². The lowest BCUT2D eigenvalue weighted by Gasteiger charge is -2.16. The number of nitrogens with one attached hydrogen (secondary N) is 1. The lowest BCUT2D eigenvalue weighted by Crippen LogP contribution is -2.31. The van der Waals surface area contributed by atoms with Crippen LogP contribution in [0.15, 0.2) is 71.8 Å². The average molecular weight is 507 g/mol. The Bertz CT molecular complexity index is 1570. The molecule has 0 saturated heterocycles. The fraction of sp³-hybridized carbons (Fsp3) is 0.115. The van der Waals surface area contributed by atoms with E-state index in [4.69, 9.17) is 10.5 Å². The summed E-state index contributed by atoms with van der Waals surface area (Å²) in [5, 5.41) is -0.417. The third-order valence-electron chi connectivity index (χ3n) is 5.31. The highest BCUT2D eigenvalue weighted by atomic mass is 32.2. The van der Waals surface area contributed by atoms with E-state index in [1.807, 2.05) is 37.6 Å². The standard InChI is InChI=1S/C26H23FN4O4S/c1-15-13-16(2)24(17(3)14-15)35-26-19(11-12-21(29-26)18-7-4-5-8-20(18)27)25(32)31-36(33,34)23-10-6-9-22(28)30-23/h4-14H,1-3H3,(H2,28,30)(H,31,32). The molecule has 0 aliphatic carbocycles. The maximum Gasteiger partial charge on any atom is 0.281 e. The number of hydrogen-bond donors (Lipinski definition) is 2. The summed E-state index contributed by atoms with van der Waals surface area (Å²) < 4.78 is 48.0. The number of nitrogens with zero attached hydrogens (tertiary/aromatic N) is 2. The Balaban J connectivity index is 1.79. The van der Waals surface area contributed by atoms with Crippen molar-refractivity contribution in [1.82, 2.24) is 14.7 Å². The van der Waals surface area contributed by atoms with Gasteiger partial charge in [0.05, 0.1) is 5.69 Å². The molecule has 4 aromatic rings. The number of aryl methyl sites for hydroxylation is 3. The zero-order valence-electron chi connectivity index (χ0n) is 19.7. The molecule has 0 fully saturated rings. The van der Waals surface area contributed by atoms with E-state index in [1.165, 1.54) is 36.4 Å². The predicted octanol–water partition coefficient (Wildman–Crippen LogP) is 4.70. The Morgan fingerprint density at radius 3 is 2.31 bits per heavy atom. The summed E-state index contributed by atoms with van der Waals surface area (Å²) in [4.78, 5) is 21.3. The normalized spacial score (nSPS) is 11.2. The molecule has 2 aromatic carbocycles. The van der Waals surface area contributed by atoms with Crippen LogP contribution in [-0.2, 0) is 10.0 Å². The SMILES string of the molecule is Cc1cc(C)c(Oc2nc(-c3ccccc3F)ccc2C(=O)NS(=O)(=O)c2cccc(N)n2)c(C)c1. The summed E-state index contributed by atoms with van der Waals surface area (Å²) in [7, 11) is -4.34. The molecule has 4 rings (SSSR count). The molecule has 2 aromatic heterocycles. The molecular formula is C26H23FN4O4S. The van der Waals surface area contributed by atoms with Crippen LogP contribution in [0.5, 0.6) is 11.6 Å². The van der Waals surface area contributed by atoms with E-state index in [2.05, 4.69) is 9.97 Å². The third-order valence-corrected chi connectivity index (χ3v) is 6.54. The molecule has 8 nitrogen and oxygen atoms in total. The van der Waals surface area contributed by atoms with Gasteiger partial charge < -0.3 is 10.5 Å². The number of aromatic nitrogens is 2. The first-order valence-electron chi connectivity index (χ1n) is 10.9. The minimum Gasteiger partial charge on any atom is -0.438 e. The number of pyridine rings is 2. The van der Waals surface area contributed by atoms with Crippen molar-refractivity contribution in [3.05, 3.63) is 94.8 Å². The number of benzene rings is 2. The summed E-state index contributed by atoms with van der Waals surface area (Å²) in [5.41, 5.74) is 8.41. The fourth-order valence-corrected chi connectivity index (χ4v) is 4.69. The zero-order chi connectivity index (χ0) is 26.0. The topological polar surface area (TPSA) is 124 Å². The first kappa shape index (κ1) is 24.8. The second-order valence-electron chi connectivity index (χ2n) is 8.19. The molecular weight excluding hydrogens is 483 g/mol. The lowest BCUT2D eigenvalue weighted by atomic mass is 10.1. The Hall–Kier alpha value is -4.31. The summed E-state index contributed by atoms with van der Waals surface area (Å²) in [5.74, 6) is -1.25. The van der Waals surface area contributed by atoms with Crippen molar-refractivity contribution >= 4 is 21.7 Å². The monoisotopic (exact) mass is 506 g/mol. The first-order valence-corrected chi connectivity index (χ1v) is 12.3. The first-order chi connectivity index (χ1) is 17.0. The van der Waals surface area contributed by atoms with Crippen molar-refractivity contribution in [1.29, 1.82) is 0 Å². The summed E-state index contributed by atoms with van der Waals surface area (Å²) in [6.07, 6.45) is 0. The van der Waals surface area contributed by atoms with Crippen LogP contribution in [0, 0.1) is 26.6 Å². The van der Waals surface area contributed by atoms with Crippen molar-refractivity contribution in [2.75, 3.05) is 5.73 Å². The van der Waals surface area contributed by atoms with Crippen LogP contribution in [0.4, 0.5) is 10.2 Å². The summed E-state index contributed by atoms with van der Waals surface area (Å²) >= 11 is 0. The van der Waals surface area contributed by atoms with Gasteiger partial charge in [-0.3, -0.25) is 4.79 Å². The number of anilines is 1. The molecule has 2 heterocycles. The lowest BCUT2D eigenvalue weighted by molar-refractivity contribution is 0.0978. The maximum absolute atomic E-state index is 14.5. The largest absolute Gasteiger partial charge is 0.438 e. The highest BCUT2D eigenvalue weighted by Gasteiger charge is 2.25. The molecule has 36 heavy (non-hydrogen) atoms. The van der Waals surface area contributed by atoms with Gasteiger partial charge in [0.25, 0.3) is 15.9 Å². The van der Waals surface area contributed by atoms with Crippen LogP contribution >= 0.6 is 0 Å². The van der Waals surface area contributed by atoms with E-state index in [1.54, 1.807) is 18.2 Å². The minimum atomic E-state index is -4.34. The van der Waals surface area contributed by atoms with Crippen LogP contribution in [0.1, 0.15) is 27.0 Å². The maximum atomic E-state index is 14.5. The van der Waals surface area contributed by atoms with Gasteiger partial charge in [0, 0.05) is 5.56 Å². The Morgan fingerprint density at radius 1 is 0.944 bits per heavy atom. The number of hydrogen-bond acceptors (Lipinski definition) is 7. The Kier molecular flexibility index (Phi) is 6.71. The van der Waals surface area contributed by atoms with Crippen molar-refractivity contribution in [3.8, 4) is 22.9 Å². The van der Waals surface area contributed by atoms with Gasteiger partial charge in [-0.15, -0.1) is 0 Å². The van der Waals surface area contributed by atoms with E-state index in [0.717, 1.165) is 16.7 Å². The molecule has 0 atom stereocenters. The van der Waals surface area contributed by atoms with Gasteiger partial charge in [-0.2, -0.15) is 8.42 Å². The second kappa shape index (κ2) is 9.74. The van der Waals surface area contributed by atoms with Gasteiger partial charge in [-0.05, 0) is 68.3 Å². The van der Waals surface area contributed by atoms with Gasteiger partial charge in [0.15, 0.2) is 5.03 Å². The van der Waals surface area contributed by atoms with Crippen molar-refractivity contribution in [2.45, 2.75) is 25.8 Å². The molecule has 0 bridgehead atoms. The van der Waals surface area contributed by atoms with Crippen LogP contribution in [0.2, 0.25) is 0 Å².